The van der Waals surface area contributed by atoms with Crippen molar-refractivity contribution in [1.82, 2.24) is 4.90 Å². The van der Waals surface area contributed by atoms with E-state index in [9.17, 15) is 9.59 Å². The van der Waals surface area contributed by atoms with Crippen LogP contribution in [0.1, 0.15) is 18.4 Å². The number of carbonyl (C=O) groups excluding carboxylic acids is 1. The Morgan fingerprint density at radius 1 is 1.38 bits per heavy atom. The van der Waals surface area contributed by atoms with Gasteiger partial charge in [-0.15, -0.1) is 0 Å². The second kappa shape index (κ2) is 6.80. The van der Waals surface area contributed by atoms with Crippen molar-refractivity contribution in [3.05, 3.63) is 28.8 Å². The molecule has 1 aromatic rings. The summed E-state index contributed by atoms with van der Waals surface area (Å²) in [4.78, 5) is 24.7. The lowest BCUT2D eigenvalue weighted by molar-refractivity contribution is -0.145. The molecule has 0 unspecified atom stereocenters. The molecule has 0 radical (unpaired) electrons. The summed E-state index contributed by atoms with van der Waals surface area (Å²) >= 11 is 6.10. The minimum atomic E-state index is -0.772. The third-order valence-corrected chi connectivity index (χ3v) is 4.06. The highest BCUT2D eigenvalue weighted by Crippen LogP contribution is 2.23. The number of nitrogens with one attached hydrogen (secondary N) is 1. The number of carboxylic acids is 1. The molecule has 114 valence electrons. The zero-order chi connectivity index (χ0) is 15.4. The number of nitrogens with zero attached hydrogens (tertiary/aromatic N) is 1. The average molecular weight is 311 g/mol. The van der Waals surface area contributed by atoms with Crippen molar-refractivity contribution < 1.29 is 14.7 Å². The molecule has 1 aliphatic rings. The topological polar surface area (TPSA) is 69.6 Å². The Morgan fingerprint density at radius 3 is 2.62 bits per heavy atom. The molecule has 1 aliphatic heterocycles. The number of benzene rings is 1. The minimum Gasteiger partial charge on any atom is -0.481 e. The molecule has 1 saturated heterocycles. The van der Waals surface area contributed by atoms with Crippen LogP contribution in [-0.4, -0.2) is 41.5 Å². The van der Waals surface area contributed by atoms with Gasteiger partial charge in [0.05, 0.1) is 23.2 Å². The summed E-state index contributed by atoms with van der Waals surface area (Å²) in [5.74, 6) is -1.13. The second-order valence-electron chi connectivity index (χ2n) is 5.33. The van der Waals surface area contributed by atoms with E-state index < -0.39 is 5.97 Å². The Kier molecular flexibility index (Phi) is 5.07. The van der Waals surface area contributed by atoms with Gasteiger partial charge in [-0.3, -0.25) is 9.59 Å². The molecule has 6 heteroatoms. The van der Waals surface area contributed by atoms with Crippen molar-refractivity contribution in [3.8, 4) is 0 Å². The molecule has 21 heavy (non-hydrogen) atoms. The summed E-state index contributed by atoms with van der Waals surface area (Å²) in [6, 6.07) is 5.62. The molecule has 2 N–H and O–H groups in total. The summed E-state index contributed by atoms with van der Waals surface area (Å²) in [7, 11) is 0. The number of anilines is 1. The monoisotopic (exact) mass is 310 g/mol. The Labute approximate surface area is 128 Å². The number of hydrogen-bond donors (Lipinski definition) is 2. The van der Waals surface area contributed by atoms with E-state index in [4.69, 9.17) is 16.7 Å². The van der Waals surface area contributed by atoms with Crippen molar-refractivity contribution in [1.29, 1.82) is 0 Å². The maximum absolute atomic E-state index is 12.1. The standard InChI is InChI=1S/C15H19ClN2O3/c1-10-2-3-13(12(16)8-10)17-9-14(19)18-6-4-11(5-7-18)15(20)21/h2-3,8,11,17H,4-7,9H2,1H3,(H,20,21). The van der Waals surface area contributed by atoms with E-state index in [0.29, 0.717) is 31.0 Å². The van der Waals surface area contributed by atoms with Crippen LogP contribution < -0.4 is 5.32 Å². The van der Waals surface area contributed by atoms with E-state index >= 15 is 0 Å². The summed E-state index contributed by atoms with van der Waals surface area (Å²) in [6.45, 7) is 3.12. The van der Waals surface area contributed by atoms with Crippen LogP contribution in [0.2, 0.25) is 5.02 Å². The summed E-state index contributed by atoms with van der Waals surface area (Å²) in [5.41, 5.74) is 1.80. The fraction of sp³-hybridized carbons (Fsp3) is 0.467. The molecule has 0 atom stereocenters. The number of piperidine rings is 1. The number of rotatable bonds is 4. The van der Waals surface area contributed by atoms with Gasteiger partial charge in [0, 0.05) is 13.1 Å². The molecule has 1 amide bonds. The van der Waals surface area contributed by atoms with Crippen LogP contribution in [0.15, 0.2) is 18.2 Å². The number of likely N-dealkylation sites (tertiary alicyclic amines) is 1. The Balaban J connectivity index is 1.84. The van der Waals surface area contributed by atoms with Crippen molar-refractivity contribution in [2.24, 2.45) is 5.92 Å². The number of hydrogen-bond acceptors (Lipinski definition) is 3. The van der Waals surface area contributed by atoms with Gasteiger partial charge in [-0.1, -0.05) is 17.7 Å². The van der Waals surface area contributed by atoms with Gasteiger partial charge in [-0.05, 0) is 37.5 Å². The molecule has 1 fully saturated rings. The van der Waals surface area contributed by atoms with Crippen LogP contribution in [0.5, 0.6) is 0 Å². The van der Waals surface area contributed by atoms with Crippen LogP contribution >= 0.6 is 11.6 Å². The zero-order valence-electron chi connectivity index (χ0n) is 11.9. The number of halogens is 1. The van der Waals surface area contributed by atoms with Gasteiger partial charge >= 0.3 is 5.97 Å². The lowest BCUT2D eigenvalue weighted by Crippen LogP contribution is -2.42. The van der Waals surface area contributed by atoms with Gasteiger partial charge in [0.2, 0.25) is 5.91 Å². The number of aryl methyl sites for hydroxylation is 1. The third-order valence-electron chi connectivity index (χ3n) is 3.75. The molecular formula is C15H19ClN2O3. The van der Waals surface area contributed by atoms with Crippen molar-refractivity contribution in [2.75, 3.05) is 25.0 Å². The summed E-state index contributed by atoms with van der Waals surface area (Å²) in [5, 5.41) is 12.6. The largest absolute Gasteiger partial charge is 0.481 e. The van der Waals surface area contributed by atoms with Gasteiger partial charge in [0.1, 0.15) is 0 Å². The van der Waals surface area contributed by atoms with Crippen LogP contribution in [0.3, 0.4) is 0 Å². The number of aliphatic carboxylic acids is 1. The summed E-state index contributed by atoms with van der Waals surface area (Å²) < 4.78 is 0. The SMILES string of the molecule is Cc1ccc(NCC(=O)N2CCC(C(=O)O)CC2)c(Cl)c1. The lowest BCUT2D eigenvalue weighted by Gasteiger charge is -2.30. The van der Waals surface area contributed by atoms with Crippen LogP contribution in [-0.2, 0) is 9.59 Å². The maximum atomic E-state index is 12.1. The highest BCUT2D eigenvalue weighted by atomic mass is 35.5. The highest BCUT2D eigenvalue weighted by Gasteiger charge is 2.26. The molecule has 1 aromatic carbocycles. The van der Waals surface area contributed by atoms with E-state index in [1.807, 2.05) is 25.1 Å². The predicted molar refractivity (Wildman–Crippen MR) is 81.6 cm³/mol. The Bertz CT molecular complexity index is 540. The molecule has 2 rings (SSSR count). The number of carbonyl (C=O) groups is 2. The normalized spacial score (nSPS) is 15.8. The molecular weight excluding hydrogens is 292 g/mol. The lowest BCUT2D eigenvalue weighted by atomic mass is 9.97. The van der Waals surface area contributed by atoms with Gasteiger partial charge in [-0.2, -0.15) is 0 Å². The first kappa shape index (κ1) is 15.6. The quantitative estimate of drug-likeness (QED) is 0.896. The minimum absolute atomic E-state index is 0.0320. The van der Waals surface area contributed by atoms with Crippen molar-refractivity contribution in [2.45, 2.75) is 19.8 Å². The first-order chi connectivity index (χ1) is 9.97. The van der Waals surface area contributed by atoms with E-state index in [2.05, 4.69) is 5.32 Å². The highest BCUT2D eigenvalue weighted by molar-refractivity contribution is 6.33. The molecule has 0 aromatic heterocycles. The van der Waals surface area contributed by atoms with Crippen molar-refractivity contribution >= 4 is 29.2 Å². The van der Waals surface area contributed by atoms with Crippen LogP contribution in [0.4, 0.5) is 5.69 Å². The molecule has 1 heterocycles. The van der Waals surface area contributed by atoms with E-state index in [1.54, 1.807) is 4.90 Å². The first-order valence-electron chi connectivity index (χ1n) is 6.98. The predicted octanol–water partition coefficient (Wildman–Crippen LogP) is 2.38. The fourth-order valence-electron chi connectivity index (χ4n) is 2.42. The average Bonchev–Trinajstić information content (AvgIpc) is 2.46. The second-order valence-corrected chi connectivity index (χ2v) is 5.74. The molecule has 5 nitrogen and oxygen atoms in total. The zero-order valence-corrected chi connectivity index (χ0v) is 12.7. The maximum Gasteiger partial charge on any atom is 0.306 e. The van der Waals surface area contributed by atoms with Gasteiger partial charge in [-0.25, -0.2) is 0 Å². The third kappa shape index (κ3) is 4.11. The Hall–Kier alpha value is -1.75. The summed E-state index contributed by atoms with van der Waals surface area (Å²) in [6.07, 6.45) is 1.04. The Morgan fingerprint density at radius 2 is 2.05 bits per heavy atom. The number of carboxylic acid groups (broad SMARTS) is 1. The number of amides is 1. The van der Waals surface area contributed by atoms with Crippen molar-refractivity contribution in [3.63, 3.8) is 0 Å². The fourth-order valence-corrected chi connectivity index (χ4v) is 2.72. The van der Waals surface area contributed by atoms with E-state index in [-0.39, 0.29) is 18.4 Å². The molecule has 0 saturated carbocycles. The van der Waals surface area contributed by atoms with Gasteiger partial charge in [0.25, 0.3) is 0 Å². The van der Waals surface area contributed by atoms with Crippen LogP contribution in [0.25, 0.3) is 0 Å². The molecule has 0 spiro atoms. The van der Waals surface area contributed by atoms with E-state index in [0.717, 1.165) is 11.3 Å². The smallest absolute Gasteiger partial charge is 0.306 e. The van der Waals surface area contributed by atoms with E-state index in [1.165, 1.54) is 0 Å². The first-order valence-corrected chi connectivity index (χ1v) is 7.36. The van der Waals surface area contributed by atoms with Crippen LogP contribution in [0, 0.1) is 12.8 Å². The molecule has 0 aliphatic carbocycles. The molecule has 0 bridgehead atoms. The van der Waals surface area contributed by atoms with Gasteiger partial charge in [0.15, 0.2) is 0 Å². The van der Waals surface area contributed by atoms with Gasteiger partial charge < -0.3 is 15.3 Å².